The van der Waals surface area contributed by atoms with Crippen molar-refractivity contribution in [3.63, 3.8) is 0 Å². The molecule has 1 rings (SSSR count). The third-order valence-corrected chi connectivity index (χ3v) is 1.39. The van der Waals surface area contributed by atoms with Crippen molar-refractivity contribution in [2.24, 2.45) is 5.92 Å². The molecule has 0 amide bonds. The highest BCUT2D eigenvalue weighted by Gasteiger charge is 1.98. The quantitative estimate of drug-likeness (QED) is 0.664. The van der Waals surface area contributed by atoms with Gasteiger partial charge in [0.1, 0.15) is 0 Å². The van der Waals surface area contributed by atoms with Gasteiger partial charge in [-0.15, -0.1) is 0 Å². The first-order chi connectivity index (χ1) is 4.83. The lowest BCUT2D eigenvalue weighted by molar-refractivity contribution is 0.223. The Morgan fingerprint density at radius 3 is 3.00 bits per heavy atom. The summed E-state index contributed by atoms with van der Waals surface area (Å²) in [6.45, 7) is 3.08. The zero-order chi connectivity index (χ0) is 7.40. The van der Waals surface area contributed by atoms with Gasteiger partial charge in [-0.25, -0.2) is 4.98 Å². The van der Waals surface area contributed by atoms with Crippen molar-refractivity contribution in [3.05, 3.63) is 18.7 Å². The molecule has 1 unspecified atom stereocenters. The van der Waals surface area contributed by atoms with Crippen molar-refractivity contribution in [3.8, 4) is 0 Å². The summed E-state index contributed by atoms with van der Waals surface area (Å²) < 4.78 is 1.96. The molecular formula is C7H12N2O. The number of hydrogen-bond donors (Lipinski definition) is 1. The predicted molar refractivity (Wildman–Crippen MR) is 38.5 cm³/mol. The lowest BCUT2D eigenvalue weighted by Crippen LogP contribution is -2.09. The maximum Gasteiger partial charge on any atom is 0.0946 e. The standard InChI is InChI=1S/C7H12N2O/c1-7(5-10)4-9-3-2-8-6-9/h2-3,6-7,10H,4-5H2,1H3. The second kappa shape index (κ2) is 3.37. The van der Waals surface area contributed by atoms with Crippen LogP contribution in [0.3, 0.4) is 0 Å². The zero-order valence-electron chi connectivity index (χ0n) is 6.07. The number of aliphatic hydroxyl groups excluding tert-OH is 1. The van der Waals surface area contributed by atoms with Gasteiger partial charge in [0, 0.05) is 25.5 Å². The topological polar surface area (TPSA) is 38.0 Å². The Bertz CT molecular complexity index is 172. The van der Waals surface area contributed by atoms with E-state index in [1.165, 1.54) is 0 Å². The van der Waals surface area contributed by atoms with Crippen molar-refractivity contribution in [2.75, 3.05) is 6.61 Å². The fourth-order valence-electron chi connectivity index (χ4n) is 0.812. The van der Waals surface area contributed by atoms with Crippen LogP contribution in [0.15, 0.2) is 18.7 Å². The van der Waals surface area contributed by atoms with Gasteiger partial charge >= 0.3 is 0 Å². The number of aliphatic hydroxyl groups is 1. The Kier molecular flexibility index (Phi) is 2.45. The lowest BCUT2D eigenvalue weighted by Gasteiger charge is -2.06. The molecule has 0 saturated heterocycles. The number of hydrogen-bond acceptors (Lipinski definition) is 2. The van der Waals surface area contributed by atoms with Crippen molar-refractivity contribution in [1.82, 2.24) is 9.55 Å². The molecule has 1 N–H and O–H groups in total. The molecule has 3 nitrogen and oxygen atoms in total. The van der Waals surface area contributed by atoms with Crippen LogP contribution in [0, 0.1) is 5.92 Å². The van der Waals surface area contributed by atoms with E-state index in [0.29, 0.717) is 5.92 Å². The molecule has 0 aliphatic rings. The van der Waals surface area contributed by atoms with Gasteiger partial charge in [-0.1, -0.05) is 6.92 Å². The Morgan fingerprint density at radius 2 is 2.50 bits per heavy atom. The average Bonchev–Trinajstić information content (AvgIpc) is 2.40. The van der Waals surface area contributed by atoms with E-state index in [-0.39, 0.29) is 6.61 Å². The molecule has 1 aromatic heterocycles. The largest absolute Gasteiger partial charge is 0.396 e. The Balaban J connectivity index is 2.40. The van der Waals surface area contributed by atoms with E-state index >= 15 is 0 Å². The van der Waals surface area contributed by atoms with E-state index < -0.39 is 0 Å². The fourth-order valence-corrected chi connectivity index (χ4v) is 0.812. The Hall–Kier alpha value is -0.830. The van der Waals surface area contributed by atoms with Gasteiger partial charge < -0.3 is 9.67 Å². The van der Waals surface area contributed by atoms with Gasteiger partial charge in [0.2, 0.25) is 0 Å². The van der Waals surface area contributed by atoms with Gasteiger partial charge in [-0.2, -0.15) is 0 Å². The molecule has 3 heteroatoms. The molecule has 1 atom stereocenters. The van der Waals surface area contributed by atoms with Crippen LogP contribution in [-0.2, 0) is 6.54 Å². The summed E-state index contributed by atoms with van der Waals surface area (Å²) in [5, 5.41) is 8.70. The molecule has 0 aliphatic heterocycles. The van der Waals surface area contributed by atoms with Crippen LogP contribution in [0.5, 0.6) is 0 Å². The van der Waals surface area contributed by atoms with Crippen LogP contribution in [0.2, 0.25) is 0 Å². The first kappa shape index (κ1) is 7.28. The van der Waals surface area contributed by atoms with E-state index in [0.717, 1.165) is 6.54 Å². The molecular weight excluding hydrogens is 128 g/mol. The molecule has 1 aromatic rings. The molecule has 56 valence electrons. The molecule has 0 saturated carbocycles. The predicted octanol–water partition coefficient (Wildman–Crippen LogP) is 0.512. The summed E-state index contributed by atoms with van der Waals surface area (Å²) in [5.74, 6) is 0.314. The smallest absolute Gasteiger partial charge is 0.0946 e. The van der Waals surface area contributed by atoms with Crippen LogP contribution in [-0.4, -0.2) is 21.3 Å². The second-order valence-electron chi connectivity index (χ2n) is 2.55. The number of aromatic nitrogens is 2. The van der Waals surface area contributed by atoms with Gasteiger partial charge in [0.05, 0.1) is 6.33 Å². The van der Waals surface area contributed by atoms with Crippen LogP contribution in [0.1, 0.15) is 6.92 Å². The number of imidazole rings is 1. The molecule has 0 radical (unpaired) electrons. The van der Waals surface area contributed by atoms with E-state index in [2.05, 4.69) is 4.98 Å². The number of rotatable bonds is 3. The lowest BCUT2D eigenvalue weighted by atomic mass is 10.2. The monoisotopic (exact) mass is 140 g/mol. The van der Waals surface area contributed by atoms with Gasteiger partial charge in [-0.3, -0.25) is 0 Å². The molecule has 0 spiro atoms. The van der Waals surface area contributed by atoms with E-state index in [4.69, 9.17) is 5.11 Å². The van der Waals surface area contributed by atoms with Crippen molar-refractivity contribution < 1.29 is 5.11 Å². The fraction of sp³-hybridized carbons (Fsp3) is 0.571. The normalized spacial score (nSPS) is 13.4. The van der Waals surface area contributed by atoms with Gasteiger partial charge in [-0.05, 0) is 5.92 Å². The minimum Gasteiger partial charge on any atom is -0.396 e. The minimum absolute atomic E-state index is 0.234. The summed E-state index contributed by atoms with van der Waals surface area (Å²) >= 11 is 0. The molecule has 10 heavy (non-hydrogen) atoms. The van der Waals surface area contributed by atoms with Gasteiger partial charge in [0.15, 0.2) is 0 Å². The van der Waals surface area contributed by atoms with Crippen LogP contribution < -0.4 is 0 Å². The summed E-state index contributed by atoms with van der Waals surface area (Å²) in [5.41, 5.74) is 0. The van der Waals surface area contributed by atoms with Crippen LogP contribution in [0.25, 0.3) is 0 Å². The summed E-state index contributed by atoms with van der Waals surface area (Å²) in [6, 6.07) is 0. The highest BCUT2D eigenvalue weighted by atomic mass is 16.3. The van der Waals surface area contributed by atoms with Crippen molar-refractivity contribution in [2.45, 2.75) is 13.5 Å². The average molecular weight is 140 g/mol. The van der Waals surface area contributed by atoms with Crippen molar-refractivity contribution >= 4 is 0 Å². The SMILES string of the molecule is CC(CO)Cn1ccnc1. The van der Waals surface area contributed by atoms with E-state index in [1.54, 1.807) is 12.5 Å². The maximum atomic E-state index is 8.70. The second-order valence-corrected chi connectivity index (χ2v) is 2.55. The molecule has 0 aliphatic carbocycles. The van der Waals surface area contributed by atoms with Crippen molar-refractivity contribution in [1.29, 1.82) is 0 Å². The van der Waals surface area contributed by atoms with Gasteiger partial charge in [0.25, 0.3) is 0 Å². The van der Waals surface area contributed by atoms with E-state index in [1.807, 2.05) is 17.7 Å². The van der Waals surface area contributed by atoms with Crippen LogP contribution >= 0.6 is 0 Å². The molecule has 0 fully saturated rings. The maximum absolute atomic E-state index is 8.70. The van der Waals surface area contributed by atoms with E-state index in [9.17, 15) is 0 Å². The highest BCUT2D eigenvalue weighted by Crippen LogP contribution is 1.97. The highest BCUT2D eigenvalue weighted by molar-refractivity contribution is 4.74. The third kappa shape index (κ3) is 1.84. The Morgan fingerprint density at radius 1 is 1.70 bits per heavy atom. The van der Waals surface area contributed by atoms with Crippen LogP contribution in [0.4, 0.5) is 0 Å². The zero-order valence-corrected chi connectivity index (χ0v) is 6.07. The third-order valence-electron chi connectivity index (χ3n) is 1.39. The summed E-state index contributed by atoms with van der Waals surface area (Å²) in [7, 11) is 0. The molecule has 0 aromatic carbocycles. The Labute approximate surface area is 60.3 Å². The first-order valence-corrected chi connectivity index (χ1v) is 3.39. The number of nitrogens with zero attached hydrogens (tertiary/aromatic N) is 2. The molecule has 0 bridgehead atoms. The summed E-state index contributed by atoms with van der Waals surface area (Å²) in [4.78, 5) is 3.89. The molecule has 1 heterocycles. The summed E-state index contributed by atoms with van der Waals surface area (Å²) in [6.07, 6.45) is 5.39. The minimum atomic E-state index is 0.234. The first-order valence-electron chi connectivity index (χ1n) is 3.39.